The van der Waals surface area contributed by atoms with Crippen molar-refractivity contribution in [3.05, 3.63) is 0 Å². The fraction of sp³-hybridized carbons (Fsp3) is 0.915. The Labute approximate surface area is 397 Å². The molecule has 390 valence electrons. The third kappa shape index (κ3) is 42.2. The fourth-order valence-electron chi connectivity index (χ4n) is 6.61. The number of carbonyl (C=O) groups is 4. The molecule has 0 aromatic heterocycles. The number of aliphatic hydroxyl groups is 1. The van der Waals surface area contributed by atoms with Crippen molar-refractivity contribution in [2.24, 2.45) is 0 Å². The summed E-state index contributed by atoms with van der Waals surface area (Å²) in [5, 5.41) is 10.3. The molecule has 2 unspecified atom stereocenters. The molecule has 0 heterocycles. The summed E-state index contributed by atoms with van der Waals surface area (Å²) in [6.07, 6.45) is 23.4. The van der Waals surface area contributed by atoms with Crippen LogP contribution in [0.5, 0.6) is 0 Å². The van der Waals surface area contributed by atoms with Crippen molar-refractivity contribution in [1.82, 2.24) is 0 Å². The van der Waals surface area contributed by atoms with Crippen LogP contribution in [0, 0.1) is 0 Å². The van der Waals surface area contributed by atoms with E-state index in [1.807, 2.05) is 13.8 Å². The lowest BCUT2D eigenvalue weighted by Gasteiger charge is -2.21. The van der Waals surface area contributed by atoms with Gasteiger partial charge < -0.3 is 33.8 Å². The van der Waals surface area contributed by atoms with Crippen molar-refractivity contribution in [1.29, 1.82) is 0 Å². The normalized spacial score (nSPS) is 14.7. The SMILES string of the molecule is CCCCCCCCCCCCCCCCCC(=O)OC[C@H](COP(=O)(O)OC[C@@H](O)COP(=O)(O)OC[C@@H](COC(=O)CCCC)OC(=O)CCCCCCC)OC(=O)CCCCCC. The molecule has 0 aromatic rings. The smallest absolute Gasteiger partial charge is 0.462 e. The molecule has 0 spiro atoms. The van der Waals surface area contributed by atoms with Crippen LogP contribution in [0.25, 0.3) is 0 Å². The Hall–Kier alpha value is -1.94. The first-order valence-corrected chi connectivity index (χ1v) is 28.3. The number of hydrogen-bond donors (Lipinski definition) is 3. The van der Waals surface area contributed by atoms with Crippen molar-refractivity contribution in [3.63, 3.8) is 0 Å². The summed E-state index contributed by atoms with van der Waals surface area (Å²) in [5.41, 5.74) is 0. The van der Waals surface area contributed by atoms with Gasteiger partial charge in [0, 0.05) is 25.7 Å². The van der Waals surface area contributed by atoms with Crippen LogP contribution >= 0.6 is 15.6 Å². The van der Waals surface area contributed by atoms with Gasteiger partial charge in [-0.15, -0.1) is 0 Å². The maximum absolute atomic E-state index is 12.7. The highest BCUT2D eigenvalue weighted by Crippen LogP contribution is 2.45. The van der Waals surface area contributed by atoms with Gasteiger partial charge in [-0.25, -0.2) is 9.13 Å². The van der Waals surface area contributed by atoms with Crippen molar-refractivity contribution >= 4 is 39.5 Å². The van der Waals surface area contributed by atoms with Crippen LogP contribution in [0.3, 0.4) is 0 Å². The molecule has 5 atom stereocenters. The summed E-state index contributed by atoms with van der Waals surface area (Å²) >= 11 is 0. The van der Waals surface area contributed by atoms with E-state index in [9.17, 15) is 43.2 Å². The predicted octanol–water partition coefficient (Wildman–Crippen LogP) is 11.3. The summed E-state index contributed by atoms with van der Waals surface area (Å²) < 4.78 is 66.2. The first kappa shape index (κ1) is 64.1. The molecule has 0 aliphatic rings. The summed E-state index contributed by atoms with van der Waals surface area (Å²) in [6.45, 7) is 4.27. The van der Waals surface area contributed by atoms with Gasteiger partial charge in [0.05, 0.1) is 26.4 Å². The number of carbonyl (C=O) groups excluding carboxylic acids is 4. The van der Waals surface area contributed by atoms with E-state index in [0.717, 1.165) is 70.6 Å². The molecule has 0 aromatic carbocycles. The van der Waals surface area contributed by atoms with E-state index < -0.39 is 97.5 Å². The van der Waals surface area contributed by atoms with Crippen LogP contribution in [0.1, 0.15) is 220 Å². The van der Waals surface area contributed by atoms with Crippen molar-refractivity contribution in [2.75, 3.05) is 39.6 Å². The molecule has 66 heavy (non-hydrogen) atoms. The largest absolute Gasteiger partial charge is 0.472 e. The van der Waals surface area contributed by atoms with Gasteiger partial charge in [0.2, 0.25) is 0 Å². The lowest BCUT2D eigenvalue weighted by Crippen LogP contribution is -2.30. The Morgan fingerprint density at radius 1 is 0.364 bits per heavy atom. The Balaban J connectivity index is 4.88. The van der Waals surface area contributed by atoms with Crippen LogP contribution in [-0.4, -0.2) is 96.7 Å². The van der Waals surface area contributed by atoms with E-state index in [1.54, 1.807) is 0 Å². The van der Waals surface area contributed by atoms with Crippen molar-refractivity contribution in [2.45, 2.75) is 239 Å². The second-order valence-electron chi connectivity index (χ2n) is 17.1. The van der Waals surface area contributed by atoms with Gasteiger partial charge in [-0.3, -0.25) is 37.3 Å². The minimum absolute atomic E-state index is 0.0962. The first-order chi connectivity index (χ1) is 31.7. The molecule has 0 rings (SSSR count). The first-order valence-electron chi connectivity index (χ1n) is 25.3. The Bertz CT molecular complexity index is 1320. The minimum Gasteiger partial charge on any atom is -0.462 e. The quantitative estimate of drug-likeness (QED) is 0.0222. The number of esters is 4. The van der Waals surface area contributed by atoms with Gasteiger partial charge in [0.1, 0.15) is 19.3 Å². The van der Waals surface area contributed by atoms with Crippen molar-refractivity contribution < 1.29 is 80.2 Å². The molecule has 0 aliphatic carbocycles. The summed E-state index contributed by atoms with van der Waals surface area (Å²) in [4.78, 5) is 70.1. The molecule has 17 nitrogen and oxygen atoms in total. The summed E-state index contributed by atoms with van der Waals surface area (Å²) in [7, 11) is -9.81. The van der Waals surface area contributed by atoms with E-state index >= 15 is 0 Å². The molecule has 0 fully saturated rings. The van der Waals surface area contributed by atoms with E-state index in [0.29, 0.717) is 25.7 Å². The van der Waals surface area contributed by atoms with Crippen LogP contribution in [-0.2, 0) is 65.4 Å². The van der Waals surface area contributed by atoms with E-state index in [4.69, 9.17) is 37.0 Å². The second kappa shape index (κ2) is 43.1. The molecule has 0 amide bonds. The number of hydrogen-bond acceptors (Lipinski definition) is 15. The summed E-state index contributed by atoms with van der Waals surface area (Å²) in [5.74, 6) is -2.22. The molecular formula is C47H90O17P2. The zero-order valence-electron chi connectivity index (χ0n) is 41.1. The molecule has 19 heteroatoms. The van der Waals surface area contributed by atoms with Crippen LogP contribution in [0.4, 0.5) is 0 Å². The van der Waals surface area contributed by atoms with E-state index in [1.165, 1.54) is 70.6 Å². The molecule has 0 radical (unpaired) electrons. The van der Waals surface area contributed by atoms with E-state index in [2.05, 4.69) is 13.8 Å². The van der Waals surface area contributed by atoms with Crippen molar-refractivity contribution in [3.8, 4) is 0 Å². The zero-order chi connectivity index (χ0) is 49.2. The predicted molar refractivity (Wildman–Crippen MR) is 252 cm³/mol. The van der Waals surface area contributed by atoms with E-state index in [-0.39, 0.29) is 25.7 Å². The number of ether oxygens (including phenoxy) is 4. The Kier molecular flexibility index (Phi) is 41.8. The number of phosphoric acid groups is 2. The lowest BCUT2D eigenvalue weighted by atomic mass is 10.0. The van der Waals surface area contributed by atoms with Crippen LogP contribution in [0.15, 0.2) is 0 Å². The van der Waals surface area contributed by atoms with Gasteiger partial charge >= 0.3 is 39.5 Å². The highest BCUT2D eigenvalue weighted by molar-refractivity contribution is 7.47. The molecule has 0 bridgehead atoms. The number of phosphoric ester groups is 2. The Morgan fingerprint density at radius 2 is 0.621 bits per heavy atom. The van der Waals surface area contributed by atoms with Gasteiger partial charge in [-0.05, 0) is 25.7 Å². The minimum atomic E-state index is -4.91. The standard InChI is InChI=1S/C47H90O17P2/c1-5-9-13-16-17-18-19-20-21-22-23-24-25-27-29-32-45(50)58-38-43(63-46(51)33-28-15-11-7-3)40-62-66(55,56)60-36-41(48)35-59-65(53,54)61-39-42(37-57-44(49)31-12-8-4)64-47(52)34-30-26-14-10-6-2/h41-43,48H,5-40H2,1-4H3,(H,53,54)(H,55,56)/t41-,42+,43+/m0/s1. The third-order valence-corrected chi connectivity index (χ3v) is 12.5. The number of rotatable bonds is 48. The highest BCUT2D eigenvalue weighted by Gasteiger charge is 2.30. The van der Waals surface area contributed by atoms with Crippen LogP contribution < -0.4 is 0 Å². The van der Waals surface area contributed by atoms with Crippen LogP contribution in [0.2, 0.25) is 0 Å². The maximum Gasteiger partial charge on any atom is 0.472 e. The van der Waals surface area contributed by atoms with Gasteiger partial charge in [0.25, 0.3) is 0 Å². The average Bonchev–Trinajstić information content (AvgIpc) is 3.28. The molecule has 0 aliphatic heterocycles. The third-order valence-electron chi connectivity index (χ3n) is 10.6. The zero-order valence-corrected chi connectivity index (χ0v) is 42.9. The monoisotopic (exact) mass is 989 g/mol. The molecule has 3 N–H and O–H groups in total. The topological polar surface area (TPSA) is 237 Å². The highest BCUT2D eigenvalue weighted by atomic mass is 31.2. The maximum atomic E-state index is 12.7. The van der Waals surface area contributed by atoms with Gasteiger partial charge in [-0.2, -0.15) is 0 Å². The number of unbranched alkanes of at least 4 members (excludes halogenated alkanes) is 22. The molecule has 0 saturated heterocycles. The average molecular weight is 989 g/mol. The van der Waals surface area contributed by atoms with Gasteiger partial charge in [0.15, 0.2) is 12.2 Å². The Morgan fingerprint density at radius 3 is 0.955 bits per heavy atom. The lowest BCUT2D eigenvalue weighted by molar-refractivity contribution is -0.161. The summed E-state index contributed by atoms with van der Waals surface area (Å²) in [6, 6.07) is 0. The number of aliphatic hydroxyl groups excluding tert-OH is 1. The molecule has 0 saturated carbocycles. The van der Waals surface area contributed by atoms with Gasteiger partial charge in [-0.1, -0.05) is 169 Å². The molecular weight excluding hydrogens is 898 g/mol. The fourth-order valence-corrected chi connectivity index (χ4v) is 8.19. The second-order valence-corrected chi connectivity index (χ2v) is 20.0.